The molecule has 3 heteroatoms. The summed E-state index contributed by atoms with van der Waals surface area (Å²) in [4.78, 5) is 2.38. The van der Waals surface area contributed by atoms with Crippen LogP contribution in [0.1, 0.15) is 33.3 Å². The van der Waals surface area contributed by atoms with Gasteiger partial charge in [0.1, 0.15) is 0 Å². The molecule has 1 heterocycles. The Kier molecular flexibility index (Phi) is 3.06. The molecule has 18 heavy (non-hydrogen) atoms. The number of hydrogen-bond donors (Lipinski definition) is 1. The van der Waals surface area contributed by atoms with Crippen LogP contribution in [0, 0.1) is 6.92 Å². The van der Waals surface area contributed by atoms with Gasteiger partial charge in [0.15, 0.2) is 0 Å². The maximum Gasteiger partial charge on any atom is 0.0808 e. The molecule has 0 saturated carbocycles. The predicted molar refractivity (Wildman–Crippen MR) is 77.0 cm³/mol. The van der Waals surface area contributed by atoms with Gasteiger partial charge < -0.3 is 15.4 Å². The summed E-state index contributed by atoms with van der Waals surface area (Å²) in [5.41, 5.74) is 8.96. The van der Waals surface area contributed by atoms with Crippen molar-refractivity contribution in [3.05, 3.63) is 23.8 Å². The first kappa shape index (κ1) is 13.2. The van der Waals surface area contributed by atoms with E-state index in [4.69, 9.17) is 10.5 Å². The zero-order chi connectivity index (χ0) is 13.6. The molecule has 0 aliphatic carbocycles. The lowest BCUT2D eigenvalue weighted by molar-refractivity contribution is -0.133. The Labute approximate surface area is 110 Å². The van der Waals surface area contributed by atoms with E-state index >= 15 is 0 Å². The summed E-state index contributed by atoms with van der Waals surface area (Å²) in [6.07, 6.45) is 0. The minimum Gasteiger partial charge on any atom is -0.398 e. The number of nitrogens with two attached hydrogens (primary N) is 1. The van der Waals surface area contributed by atoms with Gasteiger partial charge in [0.2, 0.25) is 0 Å². The van der Waals surface area contributed by atoms with E-state index in [1.807, 2.05) is 12.1 Å². The van der Waals surface area contributed by atoms with E-state index in [-0.39, 0.29) is 11.2 Å². The molecule has 1 aliphatic heterocycles. The van der Waals surface area contributed by atoms with Crippen molar-refractivity contribution in [1.82, 2.24) is 0 Å². The smallest absolute Gasteiger partial charge is 0.0808 e. The Bertz CT molecular complexity index is 436. The van der Waals surface area contributed by atoms with Crippen molar-refractivity contribution >= 4 is 11.4 Å². The first-order valence-corrected chi connectivity index (χ1v) is 6.50. The molecule has 1 aromatic rings. The maximum atomic E-state index is 6.11. The van der Waals surface area contributed by atoms with E-state index in [1.54, 1.807) is 0 Å². The van der Waals surface area contributed by atoms with E-state index < -0.39 is 0 Å². The second-order valence-corrected chi connectivity index (χ2v) is 6.47. The molecule has 100 valence electrons. The van der Waals surface area contributed by atoms with Crippen LogP contribution in [-0.4, -0.2) is 24.3 Å². The van der Waals surface area contributed by atoms with Gasteiger partial charge in [0.05, 0.1) is 11.2 Å². The molecule has 1 aliphatic rings. The average molecular weight is 248 g/mol. The zero-order valence-corrected chi connectivity index (χ0v) is 12.1. The molecule has 0 spiro atoms. The van der Waals surface area contributed by atoms with Crippen LogP contribution >= 0.6 is 0 Å². The topological polar surface area (TPSA) is 38.5 Å². The standard InChI is InChI=1S/C15H24N2O/c1-11-12(16)7-6-8-13(11)17-9-14(2,3)18-15(4,5)10-17/h6-8H,9-10,16H2,1-5H3. The van der Waals surface area contributed by atoms with Gasteiger partial charge in [0.25, 0.3) is 0 Å². The van der Waals surface area contributed by atoms with Crippen molar-refractivity contribution in [3.63, 3.8) is 0 Å². The minimum absolute atomic E-state index is 0.140. The molecule has 1 saturated heterocycles. The first-order chi connectivity index (χ1) is 8.20. The Balaban J connectivity index is 2.36. The van der Waals surface area contributed by atoms with Crippen molar-refractivity contribution in [3.8, 4) is 0 Å². The molecule has 0 radical (unpaired) electrons. The Morgan fingerprint density at radius 1 is 1.11 bits per heavy atom. The molecule has 1 fully saturated rings. The number of nitrogens with zero attached hydrogens (tertiary/aromatic N) is 1. The summed E-state index contributed by atoms with van der Waals surface area (Å²) in [5.74, 6) is 0. The normalized spacial score (nSPS) is 21.9. The van der Waals surface area contributed by atoms with E-state index in [0.717, 1.165) is 24.3 Å². The molecule has 2 rings (SSSR count). The zero-order valence-electron chi connectivity index (χ0n) is 12.1. The van der Waals surface area contributed by atoms with Gasteiger partial charge in [-0.05, 0) is 52.3 Å². The molecule has 2 N–H and O–H groups in total. The number of morpholine rings is 1. The summed E-state index contributed by atoms with van der Waals surface area (Å²) in [6.45, 7) is 12.4. The summed E-state index contributed by atoms with van der Waals surface area (Å²) in [6, 6.07) is 6.12. The van der Waals surface area contributed by atoms with E-state index in [2.05, 4.69) is 45.6 Å². The lowest BCUT2D eigenvalue weighted by Crippen LogP contribution is -2.57. The predicted octanol–water partition coefficient (Wildman–Crippen LogP) is 2.97. The molecule has 3 nitrogen and oxygen atoms in total. The molecule has 0 amide bonds. The van der Waals surface area contributed by atoms with Crippen LogP contribution in [0.15, 0.2) is 18.2 Å². The van der Waals surface area contributed by atoms with Gasteiger partial charge in [-0.15, -0.1) is 0 Å². The molecule has 0 bridgehead atoms. The molecule has 1 aromatic carbocycles. The molecular weight excluding hydrogens is 224 g/mol. The lowest BCUT2D eigenvalue weighted by Gasteiger charge is -2.48. The van der Waals surface area contributed by atoms with Crippen LogP contribution in [0.25, 0.3) is 0 Å². The highest BCUT2D eigenvalue weighted by molar-refractivity contribution is 5.64. The number of hydrogen-bond acceptors (Lipinski definition) is 3. The van der Waals surface area contributed by atoms with Crippen LogP contribution in [0.4, 0.5) is 11.4 Å². The average Bonchev–Trinajstić information content (AvgIpc) is 2.17. The fourth-order valence-corrected chi connectivity index (χ4v) is 2.94. The number of nitrogen functional groups attached to an aromatic ring is 1. The van der Waals surface area contributed by atoms with Crippen LogP contribution < -0.4 is 10.6 Å². The summed E-state index contributed by atoms with van der Waals surface area (Å²) in [5, 5.41) is 0. The SMILES string of the molecule is Cc1c(N)cccc1N1CC(C)(C)OC(C)(C)C1. The third-order valence-electron chi connectivity index (χ3n) is 3.38. The second kappa shape index (κ2) is 4.16. The van der Waals surface area contributed by atoms with Gasteiger partial charge in [-0.3, -0.25) is 0 Å². The molecule has 0 unspecified atom stereocenters. The Morgan fingerprint density at radius 3 is 2.22 bits per heavy atom. The van der Waals surface area contributed by atoms with Crippen molar-refractivity contribution in [1.29, 1.82) is 0 Å². The summed E-state index contributed by atoms with van der Waals surface area (Å²) < 4.78 is 6.11. The highest BCUT2D eigenvalue weighted by Gasteiger charge is 2.38. The van der Waals surface area contributed by atoms with Crippen LogP contribution in [0.2, 0.25) is 0 Å². The number of rotatable bonds is 1. The highest BCUT2D eigenvalue weighted by atomic mass is 16.5. The largest absolute Gasteiger partial charge is 0.398 e. The molecule has 0 aromatic heterocycles. The van der Waals surface area contributed by atoms with Crippen LogP contribution in [-0.2, 0) is 4.74 Å². The quantitative estimate of drug-likeness (QED) is 0.777. The van der Waals surface area contributed by atoms with E-state index in [0.29, 0.717) is 0 Å². The van der Waals surface area contributed by atoms with Gasteiger partial charge in [0, 0.05) is 24.5 Å². The summed E-state index contributed by atoms with van der Waals surface area (Å²) >= 11 is 0. The second-order valence-electron chi connectivity index (χ2n) is 6.47. The first-order valence-electron chi connectivity index (χ1n) is 6.50. The Morgan fingerprint density at radius 2 is 1.67 bits per heavy atom. The monoisotopic (exact) mass is 248 g/mol. The van der Waals surface area contributed by atoms with Crippen molar-refractivity contribution < 1.29 is 4.74 Å². The Hall–Kier alpha value is -1.22. The van der Waals surface area contributed by atoms with Gasteiger partial charge in [-0.2, -0.15) is 0 Å². The van der Waals surface area contributed by atoms with Crippen molar-refractivity contribution in [2.75, 3.05) is 23.7 Å². The highest BCUT2D eigenvalue weighted by Crippen LogP contribution is 2.34. The van der Waals surface area contributed by atoms with Crippen LogP contribution in [0.5, 0.6) is 0 Å². The van der Waals surface area contributed by atoms with E-state index in [9.17, 15) is 0 Å². The van der Waals surface area contributed by atoms with Gasteiger partial charge >= 0.3 is 0 Å². The third-order valence-corrected chi connectivity index (χ3v) is 3.38. The molecular formula is C15H24N2O. The number of anilines is 2. The lowest BCUT2D eigenvalue weighted by atomic mass is 9.97. The maximum absolute atomic E-state index is 6.11. The number of benzene rings is 1. The van der Waals surface area contributed by atoms with E-state index in [1.165, 1.54) is 5.69 Å². The minimum atomic E-state index is -0.140. The van der Waals surface area contributed by atoms with Gasteiger partial charge in [-0.1, -0.05) is 6.07 Å². The van der Waals surface area contributed by atoms with Crippen LogP contribution in [0.3, 0.4) is 0 Å². The molecule has 0 atom stereocenters. The number of ether oxygens (including phenoxy) is 1. The third kappa shape index (κ3) is 2.61. The van der Waals surface area contributed by atoms with Gasteiger partial charge in [-0.25, -0.2) is 0 Å². The summed E-state index contributed by atoms with van der Waals surface area (Å²) in [7, 11) is 0. The van der Waals surface area contributed by atoms with Crippen molar-refractivity contribution in [2.45, 2.75) is 45.8 Å². The fourth-order valence-electron chi connectivity index (χ4n) is 2.94. The fraction of sp³-hybridized carbons (Fsp3) is 0.600. The van der Waals surface area contributed by atoms with Crippen molar-refractivity contribution in [2.24, 2.45) is 0 Å².